The summed E-state index contributed by atoms with van der Waals surface area (Å²) < 4.78 is 26.8. The summed E-state index contributed by atoms with van der Waals surface area (Å²) in [6.45, 7) is 0.354. The van der Waals surface area contributed by atoms with Crippen LogP contribution in [0, 0.1) is 0 Å². The van der Waals surface area contributed by atoms with Crippen LogP contribution in [0.25, 0.3) is 0 Å². The van der Waals surface area contributed by atoms with Crippen molar-refractivity contribution in [2.45, 2.75) is 36.6 Å². The van der Waals surface area contributed by atoms with Crippen LogP contribution in [0.1, 0.15) is 25.7 Å². The van der Waals surface area contributed by atoms with E-state index >= 15 is 0 Å². The van der Waals surface area contributed by atoms with Gasteiger partial charge in [0.15, 0.2) is 0 Å². The minimum Gasteiger partial charge on any atom is -0.396 e. The molecule has 1 aromatic heterocycles. The molecule has 0 amide bonds. The first-order valence-electron chi connectivity index (χ1n) is 6.86. The zero-order chi connectivity index (χ0) is 14.6. The van der Waals surface area contributed by atoms with Gasteiger partial charge in [-0.15, -0.1) is 0 Å². The number of anilines is 1. The Labute approximate surface area is 119 Å². The number of pyridine rings is 1. The van der Waals surface area contributed by atoms with Crippen LogP contribution in [0.3, 0.4) is 0 Å². The Morgan fingerprint density at radius 1 is 1.45 bits per heavy atom. The average molecular weight is 299 g/mol. The fraction of sp³-hybridized carbons (Fsp3) is 0.615. The Bertz CT molecular complexity index is 526. The molecule has 0 aliphatic heterocycles. The highest BCUT2D eigenvalue weighted by Gasteiger charge is 2.34. The van der Waals surface area contributed by atoms with E-state index in [1.807, 2.05) is 0 Å². The Morgan fingerprint density at radius 2 is 2.20 bits per heavy atom. The number of aliphatic hydroxyl groups excluding tert-OH is 1. The Hall–Kier alpha value is -1.18. The van der Waals surface area contributed by atoms with Gasteiger partial charge >= 0.3 is 0 Å². The molecule has 2 rings (SSSR count). The quantitative estimate of drug-likeness (QED) is 0.786. The van der Waals surface area contributed by atoms with E-state index in [9.17, 15) is 8.42 Å². The second-order valence-electron chi connectivity index (χ2n) is 4.91. The van der Waals surface area contributed by atoms with Crippen molar-refractivity contribution in [1.29, 1.82) is 0 Å². The molecule has 7 heteroatoms. The van der Waals surface area contributed by atoms with Gasteiger partial charge in [0.1, 0.15) is 10.7 Å². The number of nitrogens with one attached hydrogen (secondary N) is 1. The molecule has 1 aromatic rings. The summed E-state index contributed by atoms with van der Waals surface area (Å²) in [4.78, 5) is 4.27. The number of hydrogen-bond acceptors (Lipinski definition) is 5. The molecule has 1 aliphatic carbocycles. The molecule has 0 saturated heterocycles. The van der Waals surface area contributed by atoms with Crippen molar-refractivity contribution >= 4 is 15.8 Å². The Morgan fingerprint density at radius 3 is 2.65 bits per heavy atom. The molecule has 0 spiro atoms. The molecule has 0 bridgehead atoms. The topological polar surface area (TPSA) is 82.5 Å². The molecule has 0 radical (unpaired) electrons. The van der Waals surface area contributed by atoms with Gasteiger partial charge in [0, 0.05) is 32.4 Å². The summed E-state index contributed by atoms with van der Waals surface area (Å²) in [7, 11) is -1.79. The van der Waals surface area contributed by atoms with Gasteiger partial charge < -0.3 is 10.4 Å². The third-order valence-corrected chi connectivity index (χ3v) is 5.55. The molecule has 1 saturated carbocycles. The molecule has 112 valence electrons. The maximum atomic E-state index is 12.7. The summed E-state index contributed by atoms with van der Waals surface area (Å²) in [5.74, 6) is 0.634. The van der Waals surface area contributed by atoms with Crippen LogP contribution in [0.2, 0.25) is 0 Å². The lowest BCUT2D eigenvalue weighted by atomic mass is 9.93. The van der Waals surface area contributed by atoms with E-state index in [0.717, 1.165) is 19.3 Å². The molecule has 0 aromatic carbocycles. The van der Waals surface area contributed by atoms with Crippen LogP contribution in [0.5, 0.6) is 0 Å². The smallest absolute Gasteiger partial charge is 0.244 e. The third kappa shape index (κ3) is 3.11. The normalized spacial score (nSPS) is 16.1. The van der Waals surface area contributed by atoms with Crippen molar-refractivity contribution in [2.24, 2.45) is 0 Å². The molecule has 1 fully saturated rings. The van der Waals surface area contributed by atoms with Crippen LogP contribution in [0.15, 0.2) is 23.2 Å². The first kappa shape index (κ1) is 15.2. The minimum atomic E-state index is -3.53. The van der Waals surface area contributed by atoms with Crippen molar-refractivity contribution in [2.75, 3.05) is 25.5 Å². The van der Waals surface area contributed by atoms with E-state index in [4.69, 9.17) is 5.11 Å². The maximum absolute atomic E-state index is 12.7. The highest BCUT2D eigenvalue weighted by Crippen LogP contribution is 2.30. The monoisotopic (exact) mass is 299 g/mol. The zero-order valence-electron chi connectivity index (χ0n) is 11.6. The maximum Gasteiger partial charge on any atom is 0.244 e. The van der Waals surface area contributed by atoms with E-state index in [0.29, 0.717) is 18.8 Å². The van der Waals surface area contributed by atoms with Gasteiger partial charge in [-0.05, 0) is 31.4 Å². The van der Waals surface area contributed by atoms with Crippen molar-refractivity contribution in [1.82, 2.24) is 9.29 Å². The number of aromatic nitrogens is 1. The molecule has 0 atom stereocenters. The predicted octanol–water partition coefficient (Wildman–Crippen LogP) is 1.05. The van der Waals surface area contributed by atoms with Gasteiger partial charge in [0.05, 0.1) is 0 Å². The van der Waals surface area contributed by atoms with Crippen LogP contribution >= 0.6 is 0 Å². The molecule has 2 N–H and O–H groups in total. The second-order valence-corrected chi connectivity index (χ2v) is 6.80. The molecule has 0 unspecified atom stereocenters. The largest absolute Gasteiger partial charge is 0.396 e. The summed E-state index contributed by atoms with van der Waals surface area (Å²) >= 11 is 0. The van der Waals surface area contributed by atoms with Crippen molar-refractivity contribution in [3.8, 4) is 0 Å². The van der Waals surface area contributed by atoms with E-state index in [-0.39, 0.29) is 17.5 Å². The lowest BCUT2D eigenvalue weighted by Gasteiger charge is -2.36. The molecule has 6 nitrogen and oxygen atoms in total. The third-order valence-electron chi connectivity index (χ3n) is 3.62. The number of hydrogen-bond donors (Lipinski definition) is 2. The van der Waals surface area contributed by atoms with Crippen LogP contribution in [-0.2, 0) is 10.0 Å². The molecule has 1 heterocycles. The fourth-order valence-electron chi connectivity index (χ4n) is 2.22. The highest BCUT2D eigenvalue weighted by atomic mass is 32.2. The first-order valence-corrected chi connectivity index (χ1v) is 8.30. The SMILES string of the molecule is CNc1ccc(S(=O)(=O)N(CCCO)C2CCC2)cn1. The lowest BCUT2D eigenvalue weighted by molar-refractivity contribution is 0.198. The molecule has 1 aliphatic rings. The van der Waals surface area contributed by atoms with E-state index in [2.05, 4.69) is 10.3 Å². The zero-order valence-corrected chi connectivity index (χ0v) is 12.4. The number of nitrogens with zero attached hydrogens (tertiary/aromatic N) is 2. The summed E-state index contributed by atoms with van der Waals surface area (Å²) in [5.41, 5.74) is 0. The first-order chi connectivity index (χ1) is 9.59. The summed E-state index contributed by atoms with van der Waals surface area (Å²) in [6, 6.07) is 3.28. The molecule has 20 heavy (non-hydrogen) atoms. The average Bonchev–Trinajstić information content (AvgIpc) is 2.41. The summed E-state index contributed by atoms with van der Waals surface area (Å²) in [5, 5.41) is 11.8. The van der Waals surface area contributed by atoms with E-state index in [1.165, 1.54) is 10.5 Å². The van der Waals surface area contributed by atoms with Gasteiger partial charge in [-0.25, -0.2) is 13.4 Å². The predicted molar refractivity (Wildman–Crippen MR) is 77.0 cm³/mol. The van der Waals surface area contributed by atoms with Crippen molar-refractivity contribution in [3.63, 3.8) is 0 Å². The van der Waals surface area contributed by atoms with Gasteiger partial charge in [0.2, 0.25) is 10.0 Å². The number of sulfonamides is 1. The van der Waals surface area contributed by atoms with Gasteiger partial charge in [-0.2, -0.15) is 4.31 Å². The number of rotatable bonds is 7. The van der Waals surface area contributed by atoms with Crippen LogP contribution in [-0.4, -0.2) is 49.1 Å². The standard InChI is InChI=1S/C13H21N3O3S/c1-14-13-7-6-12(10-15-13)20(18,19)16(8-3-9-17)11-4-2-5-11/h6-7,10-11,17H,2-5,8-9H2,1H3,(H,14,15). The molecular formula is C13H21N3O3S. The van der Waals surface area contributed by atoms with Crippen LogP contribution < -0.4 is 5.32 Å². The van der Waals surface area contributed by atoms with Gasteiger partial charge in [-0.3, -0.25) is 0 Å². The summed E-state index contributed by atoms with van der Waals surface area (Å²) in [6.07, 6.45) is 4.69. The van der Waals surface area contributed by atoms with E-state index in [1.54, 1.807) is 19.2 Å². The van der Waals surface area contributed by atoms with Crippen molar-refractivity contribution < 1.29 is 13.5 Å². The van der Waals surface area contributed by atoms with Gasteiger partial charge in [-0.1, -0.05) is 6.42 Å². The Kier molecular flexibility index (Phi) is 4.95. The van der Waals surface area contributed by atoms with E-state index < -0.39 is 10.0 Å². The van der Waals surface area contributed by atoms with Crippen LogP contribution in [0.4, 0.5) is 5.82 Å². The highest BCUT2D eigenvalue weighted by molar-refractivity contribution is 7.89. The minimum absolute atomic E-state index is 0.00428. The van der Waals surface area contributed by atoms with Crippen molar-refractivity contribution in [3.05, 3.63) is 18.3 Å². The fourth-order valence-corrected chi connectivity index (χ4v) is 3.89. The lowest BCUT2D eigenvalue weighted by Crippen LogP contribution is -2.44. The number of aliphatic hydroxyl groups is 1. The second kappa shape index (κ2) is 6.51. The molecular weight excluding hydrogens is 278 g/mol. The Balaban J connectivity index is 2.23. The van der Waals surface area contributed by atoms with Gasteiger partial charge in [0.25, 0.3) is 0 Å².